The molecule has 0 radical (unpaired) electrons. The second-order valence-electron chi connectivity index (χ2n) is 3.75. The highest BCUT2D eigenvalue weighted by molar-refractivity contribution is 5.93. The molecule has 0 amide bonds. The Bertz CT molecular complexity index is 497. The van der Waals surface area contributed by atoms with E-state index in [1.807, 2.05) is 31.2 Å². The summed E-state index contributed by atoms with van der Waals surface area (Å²) in [6.07, 6.45) is 0. The minimum absolute atomic E-state index is 0.0175. The van der Waals surface area contributed by atoms with Gasteiger partial charge in [0.05, 0.1) is 5.84 Å². The monoisotopic (exact) mass is 198 g/mol. The van der Waals surface area contributed by atoms with Gasteiger partial charge in [-0.25, -0.2) is 0 Å². The van der Waals surface area contributed by atoms with Gasteiger partial charge in [-0.3, -0.25) is 5.41 Å². The minimum Gasteiger partial charge on any atom is -0.387 e. The van der Waals surface area contributed by atoms with Crippen molar-refractivity contribution >= 4 is 16.6 Å². The molecule has 15 heavy (non-hydrogen) atoms. The molecule has 0 fully saturated rings. The standard InChI is InChI=1S/C13H14N2/c1-9(13(14)15)11-8-4-6-10-5-2-3-7-12(10)11/h2-9H,1H3,(H3,14,15). The van der Waals surface area contributed by atoms with Crippen molar-refractivity contribution in [3.05, 3.63) is 48.0 Å². The van der Waals surface area contributed by atoms with Crippen LogP contribution in [0.1, 0.15) is 18.4 Å². The van der Waals surface area contributed by atoms with Crippen molar-refractivity contribution in [1.29, 1.82) is 5.41 Å². The molecule has 1 atom stereocenters. The van der Waals surface area contributed by atoms with Crippen LogP contribution in [-0.4, -0.2) is 5.84 Å². The molecule has 0 aromatic heterocycles. The van der Waals surface area contributed by atoms with Gasteiger partial charge in [0.15, 0.2) is 0 Å². The summed E-state index contributed by atoms with van der Waals surface area (Å²) in [5.74, 6) is 0.197. The van der Waals surface area contributed by atoms with E-state index in [0.717, 1.165) is 5.56 Å². The van der Waals surface area contributed by atoms with Gasteiger partial charge in [0.1, 0.15) is 0 Å². The lowest BCUT2D eigenvalue weighted by Crippen LogP contribution is -2.18. The fraction of sp³-hybridized carbons (Fsp3) is 0.154. The molecule has 0 spiro atoms. The second kappa shape index (κ2) is 3.73. The molecule has 0 aliphatic carbocycles. The Morgan fingerprint density at radius 3 is 2.53 bits per heavy atom. The lowest BCUT2D eigenvalue weighted by atomic mass is 9.94. The Morgan fingerprint density at radius 1 is 1.13 bits per heavy atom. The number of rotatable bonds is 2. The van der Waals surface area contributed by atoms with E-state index in [2.05, 4.69) is 18.2 Å². The fourth-order valence-corrected chi connectivity index (χ4v) is 1.80. The van der Waals surface area contributed by atoms with Crippen molar-refractivity contribution in [1.82, 2.24) is 0 Å². The average molecular weight is 198 g/mol. The van der Waals surface area contributed by atoms with E-state index in [1.54, 1.807) is 0 Å². The quantitative estimate of drug-likeness (QED) is 0.565. The van der Waals surface area contributed by atoms with Crippen LogP contribution in [0.15, 0.2) is 42.5 Å². The van der Waals surface area contributed by atoms with Gasteiger partial charge in [0, 0.05) is 5.92 Å². The zero-order chi connectivity index (χ0) is 10.8. The molecule has 2 heteroatoms. The molecule has 0 saturated carbocycles. The molecule has 0 aliphatic rings. The highest BCUT2D eigenvalue weighted by atomic mass is 14.7. The van der Waals surface area contributed by atoms with E-state index in [9.17, 15) is 0 Å². The smallest absolute Gasteiger partial charge is 0.0979 e. The van der Waals surface area contributed by atoms with E-state index >= 15 is 0 Å². The summed E-state index contributed by atoms with van der Waals surface area (Å²) in [5.41, 5.74) is 6.67. The number of nitrogens with one attached hydrogen (secondary N) is 1. The number of nitrogens with two attached hydrogens (primary N) is 1. The molecule has 1 unspecified atom stereocenters. The molecule has 2 aromatic rings. The first-order valence-electron chi connectivity index (χ1n) is 5.01. The van der Waals surface area contributed by atoms with Crippen molar-refractivity contribution in [3.8, 4) is 0 Å². The summed E-state index contributed by atoms with van der Waals surface area (Å²) in [7, 11) is 0. The predicted octanol–water partition coefficient (Wildman–Crippen LogP) is 2.88. The van der Waals surface area contributed by atoms with Gasteiger partial charge in [-0.2, -0.15) is 0 Å². The van der Waals surface area contributed by atoms with Gasteiger partial charge in [-0.05, 0) is 16.3 Å². The van der Waals surface area contributed by atoms with Gasteiger partial charge < -0.3 is 5.73 Å². The maximum absolute atomic E-state index is 7.49. The van der Waals surface area contributed by atoms with E-state index < -0.39 is 0 Å². The van der Waals surface area contributed by atoms with Crippen LogP contribution in [0.4, 0.5) is 0 Å². The second-order valence-corrected chi connectivity index (χ2v) is 3.75. The topological polar surface area (TPSA) is 49.9 Å². The zero-order valence-electron chi connectivity index (χ0n) is 8.70. The first-order valence-corrected chi connectivity index (χ1v) is 5.01. The third-order valence-electron chi connectivity index (χ3n) is 2.76. The van der Waals surface area contributed by atoms with Crippen molar-refractivity contribution in [2.45, 2.75) is 12.8 Å². The molecule has 0 bridgehead atoms. The Labute approximate surface area is 89.2 Å². The van der Waals surface area contributed by atoms with Gasteiger partial charge >= 0.3 is 0 Å². The highest BCUT2D eigenvalue weighted by Crippen LogP contribution is 2.25. The molecule has 2 aromatic carbocycles. The molecular weight excluding hydrogens is 184 g/mol. The van der Waals surface area contributed by atoms with Crippen LogP contribution in [0.3, 0.4) is 0 Å². The van der Waals surface area contributed by atoms with E-state index in [1.165, 1.54) is 10.8 Å². The summed E-state index contributed by atoms with van der Waals surface area (Å²) >= 11 is 0. The molecule has 2 rings (SSSR count). The maximum Gasteiger partial charge on any atom is 0.0979 e. The number of hydrogen-bond acceptors (Lipinski definition) is 1. The third kappa shape index (κ3) is 1.71. The number of amidine groups is 1. The Kier molecular flexibility index (Phi) is 2.42. The van der Waals surface area contributed by atoms with Crippen LogP contribution in [0.2, 0.25) is 0 Å². The highest BCUT2D eigenvalue weighted by Gasteiger charge is 2.10. The Morgan fingerprint density at radius 2 is 1.80 bits per heavy atom. The first-order chi connectivity index (χ1) is 7.20. The summed E-state index contributed by atoms with van der Waals surface area (Å²) in [6, 6.07) is 14.3. The summed E-state index contributed by atoms with van der Waals surface area (Å²) in [4.78, 5) is 0. The lowest BCUT2D eigenvalue weighted by Gasteiger charge is -2.12. The van der Waals surface area contributed by atoms with Gasteiger partial charge in [-0.15, -0.1) is 0 Å². The maximum atomic E-state index is 7.49. The normalized spacial score (nSPS) is 12.6. The molecule has 2 nitrogen and oxygen atoms in total. The molecule has 0 saturated heterocycles. The number of hydrogen-bond donors (Lipinski definition) is 2. The van der Waals surface area contributed by atoms with Crippen LogP contribution < -0.4 is 5.73 Å². The van der Waals surface area contributed by atoms with Crippen molar-refractivity contribution in [2.24, 2.45) is 5.73 Å². The average Bonchev–Trinajstić information content (AvgIpc) is 2.27. The number of benzene rings is 2. The SMILES string of the molecule is CC(C(=N)N)c1cccc2ccccc12. The summed E-state index contributed by atoms with van der Waals surface area (Å²) < 4.78 is 0. The van der Waals surface area contributed by atoms with Gasteiger partial charge in [0.25, 0.3) is 0 Å². The van der Waals surface area contributed by atoms with Gasteiger partial charge in [-0.1, -0.05) is 49.4 Å². The van der Waals surface area contributed by atoms with Crippen LogP contribution in [0.5, 0.6) is 0 Å². The first kappa shape index (κ1) is 9.71. The van der Waals surface area contributed by atoms with Crippen LogP contribution in [0, 0.1) is 5.41 Å². The Balaban J connectivity index is 2.65. The van der Waals surface area contributed by atoms with E-state index in [4.69, 9.17) is 11.1 Å². The van der Waals surface area contributed by atoms with E-state index in [-0.39, 0.29) is 11.8 Å². The largest absolute Gasteiger partial charge is 0.387 e. The fourth-order valence-electron chi connectivity index (χ4n) is 1.80. The molecular formula is C13H14N2. The van der Waals surface area contributed by atoms with Crippen LogP contribution >= 0.6 is 0 Å². The van der Waals surface area contributed by atoms with Crippen LogP contribution in [0.25, 0.3) is 10.8 Å². The molecule has 0 aliphatic heterocycles. The summed E-state index contributed by atoms with van der Waals surface area (Å²) in [6.45, 7) is 1.96. The van der Waals surface area contributed by atoms with Crippen molar-refractivity contribution in [2.75, 3.05) is 0 Å². The van der Waals surface area contributed by atoms with E-state index in [0.29, 0.717) is 0 Å². The van der Waals surface area contributed by atoms with Crippen molar-refractivity contribution in [3.63, 3.8) is 0 Å². The van der Waals surface area contributed by atoms with Crippen LogP contribution in [-0.2, 0) is 0 Å². The van der Waals surface area contributed by atoms with Crippen molar-refractivity contribution < 1.29 is 0 Å². The zero-order valence-corrected chi connectivity index (χ0v) is 8.70. The minimum atomic E-state index is -0.0175. The summed E-state index contributed by atoms with van der Waals surface area (Å²) in [5, 5.41) is 9.87. The number of fused-ring (bicyclic) bond motifs is 1. The van der Waals surface area contributed by atoms with Gasteiger partial charge in [0.2, 0.25) is 0 Å². The molecule has 0 heterocycles. The molecule has 76 valence electrons. The Hall–Kier alpha value is -1.83. The molecule has 3 N–H and O–H groups in total. The third-order valence-corrected chi connectivity index (χ3v) is 2.76. The predicted molar refractivity (Wildman–Crippen MR) is 64.3 cm³/mol. The lowest BCUT2D eigenvalue weighted by molar-refractivity contribution is 1.00.